The maximum absolute atomic E-state index is 12.6. The quantitative estimate of drug-likeness (QED) is 0.716. The molecule has 1 N–H and O–H groups in total. The Labute approximate surface area is 165 Å². The number of sulfonamides is 1. The predicted molar refractivity (Wildman–Crippen MR) is 105 cm³/mol. The second-order valence-corrected chi connectivity index (χ2v) is 8.51. The number of nitrogens with one attached hydrogen (secondary N) is 1. The molecular formula is C20H24N2O5S. The van der Waals surface area contributed by atoms with Gasteiger partial charge in [0, 0.05) is 25.2 Å². The normalized spacial score (nSPS) is 11.5. The summed E-state index contributed by atoms with van der Waals surface area (Å²) in [7, 11) is -0.853. The van der Waals surface area contributed by atoms with E-state index in [9.17, 15) is 18.0 Å². The fraction of sp³-hybridized carbons (Fsp3) is 0.300. The molecule has 0 aromatic heterocycles. The molecule has 7 nitrogen and oxygen atoms in total. The molecule has 0 spiro atoms. The van der Waals surface area contributed by atoms with Gasteiger partial charge in [-0.15, -0.1) is 0 Å². The topological polar surface area (TPSA) is 92.8 Å². The summed E-state index contributed by atoms with van der Waals surface area (Å²) in [5.41, 5.74) is 1.47. The first-order chi connectivity index (χ1) is 13.2. The number of benzene rings is 2. The number of carbonyl (C=O) groups excluding carboxylic acids is 2. The van der Waals surface area contributed by atoms with Crippen LogP contribution in [0.2, 0.25) is 0 Å². The van der Waals surface area contributed by atoms with Gasteiger partial charge in [-0.3, -0.25) is 4.79 Å². The molecule has 8 heteroatoms. The zero-order valence-corrected chi connectivity index (χ0v) is 17.1. The van der Waals surface area contributed by atoms with E-state index in [4.69, 9.17) is 0 Å². The molecule has 0 aliphatic rings. The van der Waals surface area contributed by atoms with Crippen LogP contribution in [-0.2, 0) is 21.3 Å². The monoisotopic (exact) mass is 404 g/mol. The number of rotatable bonds is 7. The highest BCUT2D eigenvalue weighted by Crippen LogP contribution is 2.18. The van der Waals surface area contributed by atoms with E-state index in [0.29, 0.717) is 5.56 Å². The summed E-state index contributed by atoms with van der Waals surface area (Å²) >= 11 is 0. The number of amides is 1. The van der Waals surface area contributed by atoms with Gasteiger partial charge in [0.2, 0.25) is 10.0 Å². The van der Waals surface area contributed by atoms with Gasteiger partial charge < -0.3 is 10.1 Å². The molecule has 0 heterocycles. The minimum absolute atomic E-state index is 0.0683. The first-order valence-electron chi connectivity index (χ1n) is 8.70. The zero-order valence-electron chi connectivity index (χ0n) is 16.3. The van der Waals surface area contributed by atoms with E-state index in [-0.39, 0.29) is 29.0 Å². The number of hydrogen-bond acceptors (Lipinski definition) is 5. The van der Waals surface area contributed by atoms with Gasteiger partial charge in [0.05, 0.1) is 17.6 Å². The van der Waals surface area contributed by atoms with Gasteiger partial charge in [-0.2, -0.15) is 4.31 Å². The Kier molecular flexibility index (Phi) is 6.93. The Morgan fingerprint density at radius 1 is 1.07 bits per heavy atom. The van der Waals surface area contributed by atoms with E-state index in [1.807, 2.05) is 0 Å². The predicted octanol–water partition coefficient (Wildman–Crippen LogP) is 2.43. The first-order valence-corrected chi connectivity index (χ1v) is 10.1. The first kappa shape index (κ1) is 21.6. The van der Waals surface area contributed by atoms with Gasteiger partial charge in [0.1, 0.15) is 0 Å². The van der Waals surface area contributed by atoms with Gasteiger partial charge >= 0.3 is 5.97 Å². The molecule has 0 saturated carbocycles. The number of ether oxygens (including phenoxy) is 1. The Morgan fingerprint density at radius 3 is 2.29 bits per heavy atom. The third-order valence-corrected chi connectivity index (χ3v) is 6.36. The fourth-order valence-corrected chi connectivity index (χ4v) is 3.82. The summed E-state index contributed by atoms with van der Waals surface area (Å²) in [6, 6.07) is 12.4. The van der Waals surface area contributed by atoms with Crippen LogP contribution in [0.15, 0.2) is 53.4 Å². The summed E-state index contributed by atoms with van der Waals surface area (Å²) < 4.78 is 31.1. The second-order valence-electron chi connectivity index (χ2n) is 6.51. The van der Waals surface area contributed by atoms with Crippen molar-refractivity contribution in [1.82, 2.24) is 9.62 Å². The van der Waals surface area contributed by atoms with Crippen LogP contribution >= 0.6 is 0 Å². The van der Waals surface area contributed by atoms with Crippen molar-refractivity contribution in [2.24, 2.45) is 0 Å². The molecule has 0 aliphatic heterocycles. The zero-order chi connectivity index (χ0) is 20.9. The molecule has 150 valence electrons. The summed E-state index contributed by atoms with van der Waals surface area (Å²) in [5, 5.41) is 2.75. The van der Waals surface area contributed by atoms with Crippen LogP contribution in [-0.4, -0.2) is 44.8 Å². The molecule has 0 saturated heterocycles. The van der Waals surface area contributed by atoms with Crippen molar-refractivity contribution in [3.63, 3.8) is 0 Å². The molecule has 0 bridgehead atoms. The van der Waals surface area contributed by atoms with Crippen molar-refractivity contribution in [2.45, 2.75) is 31.3 Å². The van der Waals surface area contributed by atoms with Gasteiger partial charge in [-0.05, 0) is 49.7 Å². The van der Waals surface area contributed by atoms with Crippen LogP contribution in [0.5, 0.6) is 0 Å². The van der Waals surface area contributed by atoms with Gasteiger partial charge in [-0.1, -0.05) is 18.2 Å². The van der Waals surface area contributed by atoms with Crippen molar-refractivity contribution < 1.29 is 22.7 Å². The van der Waals surface area contributed by atoms with Crippen molar-refractivity contribution in [1.29, 1.82) is 0 Å². The van der Waals surface area contributed by atoms with E-state index < -0.39 is 16.0 Å². The lowest BCUT2D eigenvalue weighted by atomic mass is 10.1. The Balaban J connectivity index is 2.10. The van der Waals surface area contributed by atoms with Crippen molar-refractivity contribution in [3.05, 3.63) is 65.2 Å². The van der Waals surface area contributed by atoms with Gasteiger partial charge in [-0.25, -0.2) is 13.2 Å². The minimum Gasteiger partial charge on any atom is -0.465 e. The lowest BCUT2D eigenvalue weighted by molar-refractivity contribution is 0.0600. The molecule has 0 radical (unpaired) electrons. The highest BCUT2D eigenvalue weighted by Gasteiger charge is 2.23. The number of nitrogens with zero attached hydrogens (tertiary/aromatic N) is 1. The third kappa shape index (κ3) is 4.96. The number of methoxy groups -OCH3 is 1. The van der Waals surface area contributed by atoms with E-state index in [1.165, 1.54) is 30.6 Å². The van der Waals surface area contributed by atoms with E-state index >= 15 is 0 Å². The summed E-state index contributed by atoms with van der Waals surface area (Å²) in [5.74, 6) is -0.818. The highest BCUT2D eigenvalue weighted by atomic mass is 32.2. The third-order valence-electron chi connectivity index (χ3n) is 4.33. The van der Waals surface area contributed by atoms with Crippen LogP contribution in [0.25, 0.3) is 0 Å². The van der Waals surface area contributed by atoms with Gasteiger partial charge in [0.15, 0.2) is 0 Å². The molecule has 1 amide bonds. The van der Waals surface area contributed by atoms with Crippen LogP contribution < -0.4 is 5.32 Å². The minimum atomic E-state index is -3.67. The summed E-state index contributed by atoms with van der Waals surface area (Å²) in [4.78, 5) is 23.9. The van der Waals surface area contributed by atoms with Gasteiger partial charge in [0.25, 0.3) is 5.91 Å². The Bertz CT molecular complexity index is 953. The lowest BCUT2D eigenvalue weighted by Gasteiger charge is -2.21. The van der Waals surface area contributed by atoms with Crippen molar-refractivity contribution in [3.8, 4) is 0 Å². The standard InChI is InChI=1S/C20H24N2O5S/c1-14(2)22(3)28(25,26)18-7-5-6-17(12-18)19(23)21-13-15-8-10-16(11-9-15)20(24)27-4/h5-12,14H,13H2,1-4H3,(H,21,23). The second kappa shape index (κ2) is 8.99. The summed E-state index contributed by atoms with van der Waals surface area (Å²) in [6.07, 6.45) is 0. The molecule has 2 aromatic rings. The molecule has 2 aromatic carbocycles. The molecule has 28 heavy (non-hydrogen) atoms. The molecule has 0 unspecified atom stereocenters. The van der Waals surface area contributed by atoms with E-state index in [1.54, 1.807) is 50.2 Å². The van der Waals surface area contributed by atoms with Crippen LogP contribution in [0.3, 0.4) is 0 Å². The van der Waals surface area contributed by atoms with E-state index in [2.05, 4.69) is 10.1 Å². The highest BCUT2D eigenvalue weighted by molar-refractivity contribution is 7.89. The van der Waals surface area contributed by atoms with Crippen LogP contribution in [0.4, 0.5) is 0 Å². The van der Waals surface area contributed by atoms with Crippen molar-refractivity contribution in [2.75, 3.05) is 14.2 Å². The lowest BCUT2D eigenvalue weighted by Crippen LogP contribution is -2.33. The maximum atomic E-state index is 12.6. The van der Waals surface area contributed by atoms with E-state index in [0.717, 1.165) is 5.56 Å². The largest absolute Gasteiger partial charge is 0.465 e. The molecule has 2 rings (SSSR count). The average molecular weight is 404 g/mol. The Morgan fingerprint density at radius 2 is 1.71 bits per heavy atom. The molecule has 0 fully saturated rings. The maximum Gasteiger partial charge on any atom is 0.337 e. The number of hydrogen-bond donors (Lipinski definition) is 1. The fourth-order valence-electron chi connectivity index (χ4n) is 2.40. The summed E-state index contributed by atoms with van der Waals surface area (Å²) in [6.45, 7) is 3.79. The molecule has 0 atom stereocenters. The van der Waals surface area contributed by atoms with Crippen molar-refractivity contribution >= 4 is 21.9 Å². The van der Waals surface area contributed by atoms with Crippen LogP contribution in [0, 0.1) is 0 Å². The number of carbonyl (C=O) groups is 2. The molecular weight excluding hydrogens is 380 g/mol. The number of esters is 1. The smallest absolute Gasteiger partial charge is 0.337 e. The molecule has 0 aliphatic carbocycles. The van der Waals surface area contributed by atoms with Crippen LogP contribution in [0.1, 0.15) is 40.1 Å². The SMILES string of the molecule is COC(=O)c1ccc(CNC(=O)c2cccc(S(=O)(=O)N(C)C(C)C)c2)cc1. The Hall–Kier alpha value is -2.71. The average Bonchev–Trinajstić information content (AvgIpc) is 2.71.